The Morgan fingerprint density at radius 1 is 1.14 bits per heavy atom. The lowest BCUT2D eigenvalue weighted by Crippen LogP contribution is -2.35. The van der Waals surface area contributed by atoms with Gasteiger partial charge in [0.15, 0.2) is 0 Å². The van der Waals surface area contributed by atoms with Gasteiger partial charge in [-0.1, -0.05) is 12.1 Å². The van der Waals surface area contributed by atoms with Crippen LogP contribution in [0.1, 0.15) is 18.4 Å². The van der Waals surface area contributed by atoms with Gasteiger partial charge >= 0.3 is 0 Å². The fourth-order valence-corrected chi connectivity index (χ4v) is 3.09. The number of amides is 2. The maximum Gasteiger partial charge on any atom is 0.261 e. The second-order valence-corrected chi connectivity index (χ2v) is 6.70. The van der Waals surface area contributed by atoms with Gasteiger partial charge in [0.2, 0.25) is 11.8 Å². The number of aromatic nitrogens is 2. The summed E-state index contributed by atoms with van der Waals surface area (Å²) in [5.41, 5.74) is 6.97. The number of nitrogens with two attached hydrogens (primary N) is 1. The number of rotatable bonds is 7. The Labute approximate surface area is 166 Å². The van der Waals surface area contributed by atoms with E-state index in [0.29, 0.717) is 16.6 Å². The molecule has 3 aromatic rings. The van der Waals surface area contributed by atoms with E-state index in [4.69, 9.17) is 5.73 Å². The lowest BCUT2D eigenvalue weighted by molar-refractivity contribution is -0.119. The monoisotopic (exact) mass is 396 g/mol. The number of aryl methyl sites for hydroxylation is 2. The molecular weight excluding hydrogens is 375 g/mol. The van der Waals surface area contributed by atoms with E-state index in [-0.39, 0.29) is 37.4 Å². The highest BCUT2D eigenvalue weighted by Gasteiger charge is 2.17. The molecule has 8 heteroatoms. The highest BCUT2D eigenvalue weighted by Crippen LogP contribution is 2.17. The average Bonchev–Trinajstić information content (AvgIpc) is 2.69. The van der Waals surface area contributed by atoms with Crippen molar-refractivity contribution in [1.82, 2.24) is 9.55 Å². The molecule has 0 atom stereocenters. The van der Waals surface area contributed by atoms with E-state index in [2.05, 4.69) is 4.98 Å². The van der Waals surface area contributed by atoms with Crippen LogP contribution in [0.15, 0.2) is 53.6 Å². The SMILES string of the molecule is Cc1cccc2c(=O)n(CCC(=O)N(CCC(N)=O)c3ccc(F)cc3)cnc12. The first-order valence-corrected chi connectivity index (χ1v) is 9.16. The maximum absolute atomic E-state index is 13.2. The molecule has 0 radical (unpaired) electrons. The number of anilines is 1. The zero-order valence-corrected chi connectivity index (χ0v) is 16.0. The van der Waals surface area contributed by atoms with Gasteiger partial charge in [-0.15, -0.1) is 0 Å². The average molecular weight is 396 g/mol. The van der Waals surface area contributed by atoms with Gasteiger partial charge < -0.3 is 10.6 Å². The molecule has 0 saturated carbocycles. The van der Waals surface area contributed by atoms with Crippen LogP contribution in [-0.4, -0.2) is 27.9 Å². The normalized spacial score (nSPS) is 10.8. The number of fused-ring (bicyclic) bond motifs is 1. The zero-order valence-electron chi connectivity index (χ0n) is 16.0. The molecule has 0 spiro atoms. The molecule has 0 fully saturated rings. The molecule has 0 saturated heterocycles. The van der Waals surface area contributed by atoms with Crippen molar-refractivity contribution in [1.29, 1.82) is 0 Å². The number of para-hydroxylation sites is 1. The summed E-state index contributed by atoms with van der Waals surface area (Å²) in [7, 11) is 0. The zero-order chi connectivity index (χ0) is 21.0. The number of hydrogen-bond donors (Lipinski definition) is 1. The van der Waals surface area contributed by atoms with E-state index in [1.165, 1.54) is 40.1 Å². The fourth-order valence-electron chi connectivity index (χ4n) is 3.09. The first kappa shape index (κ1) is 20.2. The largest absolute Gasteiger partial charge is 0.370 e. The first-order chi connectivity index (χ1) is 13.9. The Hall–Kier alpha value is -3.55. The second-order valence-electron chi connectivity index (χ2n) is 6.70. The molecule has 2 amide bonds. The van der Waals surface area contributed by atoms with Gasteiger partial charge in [0.1, 0.15) is 5.82 Å². The number of hydrogen-bond acceptors (Lipinski definition) is 4. The minimum atomic E-state index is -0.546. The van der Waals surface area contributed by atoms with Crippen molar-refractivity contribution in [3.63, 3.8) is 0 Å². The summed E-state index contributed by atoms with van der Waals surface area (Å²) < 4.78 is 14.6. The Kier molecular flexibility index (Phi) is 6.01. The van der Waals surface area contributed by atoms with E-state index in [9.17, 15) is 18.8 Å². The summed E-state index contributed by atoms with van der Waals surface area (Å²) in [6.07, 6.45) is 1.41. The summed E-state index contributed by atoms with van der Waals surface area (Å²) in [5, 5.41) is 0.490. The Bertz CT molecular complexity index is 1110. The van der Waals surface area contributed by atoms with Crippen LogP contribution in [0.25, 0.3) is 10.9 Å². The van der Waals surface area contributed by atoms with Gasteiger partial charge in [0.25, 0.3) is 5.56 Å². The lowest BCUT2D eigenvalue weighted by atomic mass is 10.1. The summed E-state index contributed by atoms with van der Waals surface area (Å²) in [6, 6.07) is 10.8. The van der Waals surface area contributed by atoms with Crippen molar-refractivity contribution in [2.45, 2.75) is 26.3 Å². The molecule has 2 N–H and O–H groups in total. The molecule has 2 aromatic carbocycles. The van der Waals surface area contributed by atoms with Crippen molar-refractivity contribution in [3.05, 3.63) is 70.5 Å². The molecule has 7 nitrogen and oxygen atoms in total. The molecule has 0 aliphatic rings. The van der Waals surface area contributed by atoms with Gasteiger partial charge in [-0.3, -0.25) is 19.0 Å². The van der Waals surface area contributed by atoms with Crippen molar-refractivity contribution >= 4 is 28.4 Å². The van der Waals surface area contributed by atoms with Crippen molar-refractivity contribution in [2.75, 3.05) is 11.4 Å². The highest BCUT2D eigenvalue weighted by molar-refractivity contribution is 5.94. The van der Waals surface area contributed by atoms with Crippen LogP contribution in [0.4, 0.5) is 10.1 Å². The van der Waals surface area contributed by atoms with Crippen LogP contribution in [-0.2, 0) is 16.1 Å². The third kappa shape index (κ3) is 4.66. The summed E-state index contributed by atoms with van der Waals surface area (Å²) in [5.74, 6) is -1.29. The standard InChI is InChI=1S/C21H21FN4O3/c1-14-3-2-4-17-20(14)24-13-25(21(17)29)11-10-19(28)26(12-9-18(23)27)16-7-5-15(22)6-8-16/h2-8,13H,9-12H2,1H3,(H2,23,27). The smallest absolute Gasteiger partial charge is 0.261 e. The third-order valence-corrected chi connectivity index (χ3v) is 4.64. The predicted molar refractivity (Wildman–Crippen MR) is 108 cm³/mol. The molecule has 0 aliphatic heterocycles. The number of carbonyl (C=O) groups excluding carboxylic acids is 2. The summed E-state index contributed by atoms with van der Waals surface area (Å²) >= 11 is 0. The summed E-state index contributed by atoms with van der Waals surface area (Å²) in [6.45, 7) is 2.08. The Morgan fingerprint density at radius 3 is 2.55 bits per heavy atom. The number of benzene rings is 2. The van der Waals surface area contributed by atoms with E-state index in [1.807, 2.05) is 13.0 Å². The number of halogens is 1. The quantitative estimate of drug-likeness (QED) is 0.661. The molecule has 1 aromatic heterocycles. The predicted octanol–water partition coefficient (Wildman–Crippen LogP) is 2.14. The molecule has 0 bridgehead atoms. The maximum atomic E-state index is 13.2. The minimum Gasteiger partial charge on any atom is -0.370 e. The number of nitrogens with zero attached hydrogens (tertiary/aromatic N) is 3. The van der Waals surface area contributed by atoms with Crippen LogP contribution in [0.3, 0.4) is 0 Å². The number of carbonyl (C=O) groups is 2. The fraction of sp³-hybridized carbons (Fsp3) is 0.238. The molecule has 150 valence electrons. The van der Waals surface area contributed by atoms with Crippen molar-refractivity contribution < 1.29 is 14.0 Å². The topological polar surface area (TPSA) is 98.3 Å². The Morgan fingerprint density at radius 2 is 1.86 bits per heavy atom. The van der Waals surface area contributed by atoms with Crippen LogP contribution in [0.5, 0.6) is 0 Å². The molecule has 0 unspecified atom stereocenters. The first-order valence-electron chi connectivity index (χ1n) is 9.16. The molecule has 0 aliphatic carbocycles. The van der Waals surface area contributed by atoms with E-state index in [0.717, 1.165) is 5.56 Å². The van der Waals surface area contributed by atoms with Crippen LogP contribution in [0, 0.1) is 12.7 Å². The lowest BCUT2D eigenvalue weighted by Gasteiger charge is -2.22. The molecular formula is C21H21FN4O3. The van der Waals surface area contributed by atoms with Crippen LogP contribution < -0.4 is 16.2 Å². The molecule has 3 rings (SSSR count). The summed E-state index contributed by atoms with van der Waals surface area (Å²) in [4.78, 5) is 42.3. The van der Waals surface area contributed by atoms with E-state index < -0.39 is 11.7 Å². The van der Waals surface area contributed by atoms with Gasteiger partial charge in [-0.05, 0) is 42.8 Å². The van der Waals surface area contributed by atoms with E-state index >= 15 is 0 Å². The highest BCUT2D eigenvalue weighted by atomic mass is 19.1. The van der Waals surface area contributed by atoms with Crippen molar-refractivity contribution in [2.24, 2.45) is 5.73 Å². The van der Waals surface area contributed by atoms with Crippen molar-refractivity contribution in [3.8, 4) is 0 Å². The van der Waals surface area contributed by atoms with Gasteiger partial charge in [0, 0.05) is 31.6 Å². The van der Waals surface area contributed by atoms with E-state index in [1.54, 1.807) is 12.1 Å². The number of primary amides is 1. The Balaban J connectivity index is 1.80. The van der Waals surface area contributed by atoms with Crippen LogP contribution >= 0.6 is 0 Å². The third-order valence-electron chi connectivity index (χ3n) is 4.64. The van der Waals surface area contributed by atoms with Gasteiger partial charge in [0.05, 0.1) is 17.2 Å². The molecule has 29 heavy (non-hydrogen) atoms. The molecule has 1 heterocycles. The van der Waals surface area contributed by atoms with Crippen LogP contribution in [0.2, 0.25) is 0 Å². The minimum absolute atomic E-state index is 0.00898. The van der Waals surface area contributed by atoms with Gasteiger partial charge in [-0.2, -0.15) is 0 Å². The second kappa shape index (κ2) is 8.64. The van der Waals surface area contributed by atoms with Gasteiger partial charge in [-0.25, -0.2) is 9.37 Å².